The summed E-state index contributed by atoms with van der Waals surface area (Å²) < 4.78 is 18.6. The van der Waals surface area contributed by atoms with Gasteiger partial charge < -0.3 is 4.74 Å². The van der Waals surface area contributed by atoms with E-state index >= 15 is 0 Å². The molecule has 0 aliphatic heterocycles. The van der Waals surface area contributed by atoms with E-state index in [1.54, 1.807) is 6.07 Å². The Bertz CT molecular complexity index is 368. The van der Waals surface area contributed by atoms with E-state index in [9.17, 15) is 4.39 Å². The van der Waals surface area contributed by atoms with Crippen molar-refractivity contribution in [3.05, 3.63) is 29.6 Å². The molecule has 0 spiro atoms. The van der Waals surface area contributed by atoms with E-state index in [0.29, 0.717) is 5.92 Å². The van der Waals surface area contributed by atoms with Crippen LogP contribution in [0.25, 0.3) is 0 Å². The van der Waals surface area contributed by atoms with Gasteiger partial charge in [0.1, 0.15) is 0 Å². The van der Waals surface area contributed by atoms with Gasteiger partial charge in [0, 0.05) is 0 Å². The summed E-state index contributed by atoms with van der Waals surface area (Å²) in [6, 6.07) is 4.99. The standard InChI is InChI=1S/C15H22ClFO/c1-4-6-7-11(5-2)15(16)12-8-9-14(18-3)13(17)10-12/h8-11,15H,4-7H2,1-3H3. The fourth-order valence-corrected chi connectivity index (χ4v) is 2.59. The van der Waals surface area contributed by atoms with Crippen molar-refractivity contribution in [2.45, 2.75) is 44.9 Å². The third-order valence-electron chi connectivity index (χ3n) is 3.36. The summed E-state index contributed by atoms with van der Waals surface area (Å²) in [7, 11) is 1.46. The molecule has 0 aromatic heterocycles. The van der Waals surface area contributed by atoms with Crippen LogP contribution in [0.2, 0.25) is 0 Å². The van der Waals surface area contributed by atoms with Crippen LogP contribution in [0.5, 0.6) is 5.75 Å². The Hall–Kier alpha value is -0.760. The van der Waals surface area contributed by atoms with Gasteiger partial charge in [-0.1, -0.05) is 39.2 Å². The van der Waals surface area contributed by atoms with E-state index in [1.165, 1.54) is 19.6 Å². The molecular formula is C15H22ClFO. The second-order valence-electron chi connectivity index (χ2n) is 4.61. The molecular weight excluding hydrogens is 251 g/mol. The first-order chi connectivity index (χ1) is 8.63. The van der Waals surface area contributed by atoms with Crippen molar-refractivity contribution in [1.29, 1.82) is 0 Å². The number of halogens is 2. The molecule has 0 N–H and O–H groups in total. The maximum atomic E-state index is 13.6. The van der Waals surface area contributed by atoms with Crippen LogP contribution in [-0.4, -0.2) is 7.11 Å². The van der Waals surface area contributed by atoms with Gasteiger partial charge in [-0.3, -0.25) is 0 Å². The highest BCUT2D eigenvalue weighted by Crippen LogP contribution is 2.35. The topological polar surface area (TPSA) is 9.23 Å². The molecule has 0 saturated heterocycles. The van der Waals surface area contributed by atoms with Crippen molar-refractivity contribution in [1.82, 2.24) is 0 Å². The van der Waals surface area contributed by atoms with Crippen LogP contribution in [0.15, 0.2) is 18.2 Å². The lowest BCUT2D eigenvalue weighted by Gasteiger charge is -2.21. The molecule has 0 saturated carbocycles. The summed E-state index contributed by atoms with van der Waals surface area (Å²) in [5, 5.41) is -0.123. The highest BCUT2D eigenvalue weighted by atomic mass is 35.5. The van der Waals surface area contributed by atoms with E-state index < -0.39 is 0 Å². The van der Waals surface area contributed by atoms with Gasteiger partial charge in [-0.15, -0.1) is 11.6 Å². The molecule has 2 unspecified atom stereocenters. The molecule has 0 aliphatic rings. The Kier molecular flexibility index (Phi) is 6.48. The number of benzene rings is 1. The van der Waals surface area contributed by atoms with Crippen LogP contribution in [0, 0.1) is 11.7 Å². The smallest absolute Gasteiger partial charge is 0.165 e. The van der Waals surface area contributed by atoms with Crippen molar-refractivity contribution in [3.8, 4) is 5.75 Å². The molecule has 1 aromatic carbocycles. The third-order valence-corrected chi connectivity index (χ3v) is 3.97. The number of hydrogen-bond acceptors (Lipinski definition) is 1. The van der Waals surface area contributed by atoms with Gasteiger partial charge >= 0.3 is 0 Å². The summed E-state index contributed by atoms with van der Waals surface area (Å²) in [4.78, 5) is 0. The average molecular weight is 273 g/mol. The lowest BCUT2D eigenvalue weighted by molar-refractivity contribution is 0.385. The van der Waals surface area contributed by atoms with E-state index in [0.717, 1.165) is 24.8 Å². The van der Waals surface area contributed by atoms with Crippen molar-refractivity contribution in [2.24, 2.45) is 5.92 Å². The SMILES string of the molecule is CCCCC(CC)C(Cl)c1ccc(OC)c(F)c1. The van der Waals surface area contributed by atoms with Crippen molar-refractivity contribution in [3.63, 3.8) is 0 Å². The van der Waals surface area contributed by atoms with Gasteiger partial charge in [-0.25, -0.2) is 4.39 Å². The lowest BCUT2D eigenvalue weighted by atomic mass is 9.91. The Morgan fingerprint density at radius 1 is 1.33 bits per heavy atom. The molecule has 2 atom stereocenters. The zero-order chi connectivity index (χ0) is 13.5. The second kappa shape index (κ2) is 7.63. The number of hydrogen-bond donors (Lipinski definition) is 0. The second-order valence-corrected chi connectivity index (χ2v) is 5.08. The van der Waals surface area contributed by atoms with Gasteiger partial charge in [0.2, 0.25) is 0 Å². The van der Waals surface area contributed by atoms with Crippen LogP contribution >= 0.6 is 11.6 Å². The molecule has 0 amide bonds. The molecule has 0 radical (unpaired) electrons. The number of ether oxygens (including phenoxy) is 1. The maximum absolute atomic E-state index is 13.6. The van der Waals surface area contributed by atoms with Crippen molar-refractivity contribution in [2.75, 3.05) is 7.11 Å². The average Bonchev–Trinajstić information content (AvgIpc) is 2.39. The molecule has 1 aromatic rings. The zero-order valence-corrected chi connectivity index (χ0v) is 12.1. The number of alkyl halides is 1. The molecule has 1 nitrogen and oxygen atoms in total. The first-order valence-corrected chi connectivity index (χ1v) is 7.05. The van der Waals surface area contributed by atoms with Gasteiger partial charge in [-0.05, 0) is 30.0 Å². The minimum atomic E-state index is -0.342. The highest BCUT2D eigenvalue weighted by molar-refractivity contribution is 6.21. The van der Waals surface area contributed by atoms with Gasteiger partial charge in [0.15, 0.2) is 11.6 Å². The Labute approximate surface area is 114 Å². The minimum Gasteiger partial charge on any atom is -0.494 e. The predicted octanol–water partition coefficient (Wildman–Crippen LogP) is 5.33. The third kappa shape index (κ3) is 3.88. The molecule has 0 aliphatic carbocycles. The van der Waals surface area contributed by atoms with E-state index in [2.05, 4.69) is 13.8 Å². The summed E-state index contributed by atoms with van der Waals surface area (Å²) in [5.41, 5.74) is 0.845. The Balaban J connectivity index is 2.81. The Morgan fingerprint density at radius 2 is 2.06 bits per heavy atom. The molecule has 18 heavy (non-hydrogen) atoms. The number of unbranched alkanes of at least 4 members (excludes halogenated alkanes) is 1. The van der Waals surface area contributed by atoms with Gasteiger partial charge in [-0.2, -0.15) is 0 Å². The first kappa shape index (κ1) is 15.3. The minimum absolute atomic E-state index is 0.123. The molecule has 0 fully saturated rings. The highest BCUT2D eigenvalue weighted by Gasteiger charge is 2.20. The maximum Gasteiger partial charge on any atom is 0.165 e. The van der Waals surface area contributed by atoms with Crippen LogP contribution in [0.1, 0.15) is 50.5 Å². The monoisotopic (exact) mass is 272 g/mol. The quantitative estimate of drug-likeness (QED) is 0.610. The number of rotatable bonds is 7. The summed E-state index contributed by atoms with van der Waals surface area (Å²) >= 11 is 6.47. The van der Waals surface area contributed by atoms with Crippen LogP contribution in [0.3, 0.4) is 0 Å². The largest absolute Gasteiger partial charge is 0.494 e. The van der Waals surface area contributed by atoms with E-state index in [4.69, 9.17) is 16.3 Å². The molecule has 102 valence electrons. The number of methoxy groups -OCH3 is 1. The van der Waals surface area contributed by atoms with Gasteiger partial charge in [0.05, 0.1) is 12.5 Å². The zero-order valence-electron chi connectivity index (χ0n) is 11.4. The van der Waals surface area contributed by atoms with Crippen LogP contribution < -0.4 is 4.74 Å². The predicted molar refractivity (Wildman–Crippen MR) is 74.9 cm³/mol. The fourth-order valence-electron chi connectivity index (χ4n) is 2.15. The van der Waals surface area contributed by atoms with E-state index in [1.807, 2.05) is 6.07 Å². The Morgan fingerprint density at radius 3 is 2.56 bits per heavy atom. The molecule has 3 heteroatoms. The van der Waals surface area contributed by atoms with Crippen LogP contribution in [0.4, 0.5) is 4.39 Å². The fraction of sp³-hybridized carbons (Fsp3) is 0.600. The molecule has 0 bridgehead atoms. The normalized spacial score (nSPS) is 14.3. The van der Waals surface area contributed by atoms with Crippen molar-refractivity contribution < 1.29 is 9.13 Å². The summed E-state index contributed by atoms with van der Waals surface area (Å²) in [5.74, 6) is 0.328. The lowest BCUT2D eigenvalue weighted by Crippen LogP contribution is -2.07. The van der Waals surface area contributed by atoms with Crippen molar-refractivity contribution >= 4 is 11.6 Å². The van der Waals surface area contributed by atoms with E-state index in [-0.39, 0.29) is 16.9 Å². The molecule has 0 heterocycles. The molecule has 1 rings (SSSR count). The first-order valence-electron chi connectivity index (χ1n) is 6.61. The summed E-state index contributed by atoms with van der Waals surface area (Å²) in [6.07, 6.45) is 4.44. The van der Waals surface area contributed by atoms with Crippen LogP contribution in [-0.2, 0) is 0 Å². The van der Waals surface area contributed by atoms with Gasteiger partial charge in [0.25, 0.3) is 0 Å². The summed E-state index contributed by atoms with van der Waals surface area (Å²) in [6.45, 7) is 4.30.